The van der Waals surface area contributed by atoms with Gasteiger partial charge in [-0.25, -0.2) is 0 Å². The molecule has 0 N–H and O–H groups in total. The van der Waals surface area contributed by atoms with Crippen LogP contribution in [0.25, 0.3) is 0 Å². The van der Waals surface area contributed by atoms with Crippen LogP contribution in [0.2, 0.25) is 30.9 Å². The van der Waals surface area contributed by atoms with Gasteiger partial charge in [-0.05, 0) is 12.8 Å². The van der Waals surface area contributed by atoms with E-state index in [2.05, 4.69) is 45.3 Å². The van der Waals surface area contributed by atoms with Crippen LogP contribution in [0.15, 0.2) is 24.2 Å². The minimum Gasteiger partial charge on any atom is -0.105 e. The Kier molecular flexibility index (Phi) is 4.81. The summed E-state index contributed by atoms with van der Waals surface area (Å²) in [6.07, 6.45) is 13.3. The summed E-state index contributed by atoms with van der Waals surface area (Å²) in [6.45, 7) is 15.2. The normalized spacial score (nSPS) is 32.4. The number of rotatable bonds is 3. The fourth-order valence-corrected chi connectivity index (χ4v) is 8.29. The molecule has 0 aromatic rings. The van der Waals surface area contributed by atoms with E-state index in [1.54, 1.807) is 0 Å². The number of hydrogen-bond donors (Lipinski definition) is 0. The van der Waals surface area contributed by atoms with Crippen LogP contribution in [0.5, 0.6) is 0 Å². The quantitative estimate of drug-likeness (QED) is 0.453. The zero-order valence-corrected chi connectivity index (χ0v) is 14.4. The largest absolute Gasteiger partial charge is 0.178 e. The van der Waals surface area contributed by atoms with Gasteiger partial charge in [0, 0.05) is 8.07 Å². The molecular weight excluding hydrogens is 243 g/mol. The number of fused-ring (bicyclic) bond motifs is 3. The second kappa shape index (κ2) is 6.03. The molecule has 0 amide bonds. The predicted molar refractivity (Wildman–Crippen MR) is 91.7 cm³/mol. The SMILES string of the molecule is C=C(/C=C/C)B1C2CCCC(CCC2)C1[Si](C)(C)C. The van der Waals surface area contributed by atoms with Crippen LogP contribution >= 0.6 is 0 Å². The summed E-state index contributed by atoms with van der Waals surface area (Å²) in [5.41, 5.74) is 2.40. The summed E-state index contributed by atoms with van der Waals surface area (Å²) in [4.78, 5) is 0. The smallest absolute Gasteiger partial charge is 0.105 e. The van der Waals surface area contributed by atoms with Crippen molar-refractivity contribution in [3.8, 4) is 0 Å². The van der Waals surface area contributed by atoms with Crippen LogP contribution in [0.4, 0.5) is 0 Å². The molecule has 1 unspecified atom stereocenters. The Morgan fingerprint density at radius 3 is 2.16 bits per heavy atom. The molecule has 2 heteroatoms. The summed E-state index contributed by atoms with van der Waals surface area (Å²) in [7, 11) is -1.12. The molecule has 0 spiro atoms. The number of allylic oxidation sites excluding steroid dienone is 3. The molecule has 2 heterocycles. The predicted octanol–water partition coefficient (Wildman–Crippen LogP) is 5.75. The van der Waals surface area contributed by atoms with E-state index in [4.69, 9.17) is 0 Å². The molecule has 2 fully saturated rings. The van der Waals surface area contributed by atoms with E-state index in [0.29, 0.717) is 0 Å². The lowest BCUT2D eigenvalue weighted by molar-refractivity contribution is 0.411. The minimum atomic E-state index is -1.12. The van der Waals surface area contributed by atoms with Gasteiger partial charge in [0.15, 0.2) is 6.71 Å². The van der Waals surface area contributed by atoms with Gasteiger partial charge in [0.05, 0.1) is 0 Å². The molecule has 0 aromatic carbocycles. The van der Waals surface area contributed by atoms with Gasteiger partial charge in [0.2, 0.25) is 0 Å². The Hall–Kier alpha value is -0.238. The Labute approximate surface area is 121 Å². The first-order chi connectivity index (χ1) is 8.95. The first-order valence-electron chi connectivity index (χ1n) is 8.26. The molecule has 0 aliphatic carbocycles. The average molecular weight is 274 g/mol. The van der Waals surface area contributed by atoms with Crippen molar-refractivity contribution in [3.05, 3.63) is 24.2 Å². The molecule has 0 saturated carbocycles. The van der Waals surface area contributed by atoms with E-state index in [1.165, 1.54) is 44.0 Å². The standard InChI is InChI=1S/C17H31BSi/c1-6-9-14(2)18-16-12-7-10-15(11-8-13-16)17(18)19(3,4)5/h6,9,15-17H,2,7-8,10-13H2,1,3-5H3/b9-6+. The number of hydrogen-bond acceptors (Lipinski definition) is 0. The maximum Gasteiger partial charge on any atom is 0.178 e. The van der Waals surface area contributed by atoms with Crippen molar-refractivity contribution in [1.82, 2.24) is 0 Å². The van der Waals surface area contributed by atoms with Crippen molar-refractivity contribution in [2.75, 3.05) is 0 Å². The molecule has 19 heavy (non-hydrogen) atoms. The van der Waals surface area contributed by atoms with Crippen molar-refractivity contribution >= 4 is 14.8 Å². The molecule has 2 bridgehead atoms. The zero-order chi connectivity index (χ0) is 14.0. The zero-order valence-electron chi connectivity index (χ0n) is 13.4. The highest BCUT2D eigenvalue weighted by Gasteiger charge is 2.47. The lowest BCUT2D eigenvalue weighted by Crippen LogP contribution is -2.44. The van der Waals surface area contributed by atoms with E-state index in [-0.39, 0.29) is 0 Å². The topological polar surface area (TPSA) is 0 Å². The molecule has 0 nitrogen and oxygen atoms in total. The molecule has 1 atom stereocenters. The third kappa shape index (κ3) is 3.27. The summed E-state index contributed by atoms with van der Waals surface area (Å²) < 4.78 is 0. The third-order valence-electron chi connectivity index (χ3n) is 5.51. The monoisotopic (exact) mass is 274 g/mol. The lowest BCUT2D eigenvalue weighted by atomic mass is 9.33. The van der Waals surface area contributed by atoms with Gasteiger partial charge in [-0.2, -0.15) is 0 Å². The summed E-state index contributed by atoms with van der Waals surface area (Å²) in [5.74, 6) is 1.92. The Bertz CT molecular complexity index is 343. The van der Waals surface area contributed by atoms with Crippen LogP contribution in [-0.4, -0.2) is 14.8 Å². The van der Waals surface area contributed by atoms with Crippen LogP contribution in [0, 0.1) is 5.92 Å². The molecule has 2 rings (SSSR count). The van der Waals surface area contributed by atoms with Gasteiger partial charge >= 0.3 is 0 Å². The second-order valence-corrected chi connectivity index (χ2v) is 13.3. The summed E-state index contributed by atoms with van der Waals surface area (Å²) in [5, 5.41) is 0. The lowest BCUT2D eigenvalue weighted by Gasteiger charge is -2.39. The summed E-state index contributed by atoms with van der Waals surface area (Å²) >= 11 is 0. The van der Waals surface area contributed by atoms with E-state index >= 15 is 0 Å². The molecule has 0 radical (unpaired) electrons. The van der Waals surface area contributed by atoms with Gasteiger partial charge in [0.25, 0.3) is 0 Å². The Balaban J connectivity index is 2.39. The van der Waals surface area contributed by atoms with Crippen LogP contribution in [0.3, 0.4) is 0 Å². The van der Waals surface area contributed by atoms with E-state index < -0.39 is 8.07 Å². The van der Waals surface area contributed by atoms with E-state index in [9.17, 15) is 0 Å². The highest BCUT2D eigenvalue weighted by Crippen LogP contribution is 2.51. The van der Waals surface area contributed by atoms with E-state index in [1.807, 2.05) is 0 Å². The molecule has 106 valence electrons. The molecule has 2 aliphatic heterocycles. The highest BCUT2D eigenvalue weighted by molar-refractivity contribution is 6.92. The van der Waals surface area contributed by atoms with E-state index in [0.717, 1.165) is 23.9 Å². The van der Waals surface area contributed by atoms with Crippen molar-refractivity contribution in [3.63, 3.8) is 0 Å². The van der Waals surface area contributed by atoms with Gasteiger partial charge in [0.1, 0.15) is 0 Å². The summed E-state index contributed by atoms with van der Waals surface area (Å²) in [6, 6.07) is 0. The molecule has 2 saturated heterocycles. The third-order valence-corrected chi connectivity index (χ3v) is 8.34. The van der Waals surface area contributed by atoms with Gasteiger partial charge < -0.3 is 0 Å². The van der Waals surface area contributed by atoms with Crippen LogP contribution in [-0.2, 0) is 0 Å². The first kappa shape index (κ1) is 15.2. The Morgan fingerprint density at radius 1 is 1.11 bits per heavy atom. The molecular formula is C17H31BSi. The van der Waals surface area contributed by atoms with Crippen LogP contribution < -0.4 is 0 Å². The maximum atomic E-state index is 4.47. The van der Waals surface area contributed by atoms with Gasteiger partial charge in [-0.3, -0.25) is 0 Å². The maximum absolute atomic E-state index is 4.47. The Morgan fingerprint density at radius 2 is 1.68 bits per heavy atom. The fourth-order valence-electron chi connectivity index (χ4n) is 4.98. The van der Waals surface area contributed by atoms with Crippen molar-refractivity contribution in [1.29, 1.82) is 0 Å². The molecule has 2 aliphatic rings. The van der Waals surface area contributed by atoms with Crippen molar-refractivity contribution in [2.24, 2.45) is 5.92 Å². The molecule has 0 aromatic heterocycles. The fraction of sp³-hybridized carbons (Fsp3) is 0.765. The second-order valence-electron chi connectivity index (χ2n) is 7.87. The average Bonchev–Trinajstić information content (AvgIpc) is 2.55. The van der Waals surface area contributed by atoms with Crippen molar-refractivity contribution in [2.45, 2.75) is 76.3 Å². The van der Waals surface area contributed by atoms with Gasteiger partial charge in [-0.15, -0.1) is 6.58 Å². The van der Waals surface area contributed by atoms with Crippen molar-refractivity contribution < 1.29 is 0 Å². The van der Waals surface area contributed by atoms with Gasteiger partial charge in [-0.1, -0.05) is 87.0 Å². The first-order valence-corrected chi connectivity index (χ1v) is 11.8. The minimum absolute atomic E-state index is 0.790. The highest BCUT2D eigenvalue weighted by atomic mass is 28.3. The van der Waals surface area contributed by atoms with Crippen LogP contribution in [0.1, 0.15) is 45.4 Å².